The molecule has 1 aliphatic rings. The molecule has 0 bridgehead atoms. The lowest BCUT2D eigenvalue weighted by Gasteiger charge is -2.34. The third-order valence-corrected chi connectivity index (χ3v) is 4.25. The molecule has 24 heavy (non-hydrogen) atoms. The molecule has 2 aromatic rings. The highest BCUT2D eigenvalue weighted by molar-refractivity contribution is 5.58. The standard InChI is InChI=1S/C17H23N5O2/c1-23-15-10-13(14(18)11-16(15)24-2)12-21-6-8-22(9-7-21)17-19-4-3-5-20-17/h3-5,10-11H,6-9,12,18H2,1-2H3. The van der Waals surface area contributed by atoms with Gasteiger partial charge in [-0.05, 0) is 17.7 Å². The Balaban J connectivity index is 1.64. The number of hydrogen-bond donors (Lipinski definition) is 1. The van der Waals surface area contributed by atoms with E-state index in [1.54, 1.807) is 26.6 Å². The largest absolute Gasteiger partial charge is 0.493 e. The van der Waals surface area contributed by atoms with Crippen molar-refractivity contribution in [3.8, 4) is 11.5 Å². The predicted molar refractivity (Wildman–Crippen MR) is 93.5 cm³/mol. The molecule has 1 saturated heterocycles. The van der Waals surface area contributed by atoms with Crippen LogP contribution in [0.1, 0.15) is 5.56 Å². The fraction of sp³-hybridized carbons (Fsp3) is 0.412. The molecule has 1 aromatic heterocycles. The van der Waals surface area contributed by atoms with Gasteiger partial charge in [0.25, 0.3) is 0 Å². The number of anilines is 2. The van der Waals surface area contributed by atoms with Gasteiger partial charge in [0, 0.05) is 56.9 Å². The zero-order valence-corrected chi connectivity index (χ0v) is 14.1. The average Bonchev–Trinajstić information content (AvgIpc) is 2.64. The van der Waals surface area contributed by atoms with Crippen LogP contribution in [-0.4, -0.2) is 55.3 Å². The lowest BCUT2D eigenvalue weighted by atomic mass is 10.1. The summed E-state index contributed by atoms with van der Waals surface area (Å²) >= 11 is 0. The number of aromatic nitrogens is 2. The molecule has 0 radical (unpaired) electrons. The lowest BCUT2D eigenvalue weighted by Crippen LogP contribution is -2.46. The van der Waals surface area contributed by atoms with Crippen LogP contribution in [0.5, 0.6) is 11.5 Å². The van der Waals surface area contributed by atoms with Gasteiger partial charge in [0.15, 0.2) is 11.5 Å². The fourth-order valence-electron chi connectivity index (χ4n) is 2.88. The maximum Gasteiger partial charge on any atom is 0.225 e. The van der Waals surface area contributed by atoms with Gasteiger partial charge >= 0.3 is 0 Å². The second-order valence-electron chi connectivity index (χ2n) is 5.72. The van der Waals surface area contributed by atoms with E-state index in [9.17, 15) is 0 Å². The molecule has 7 heteroatoms. The molecule has 0 amide bonds. The van der Waals surface area contributed by atoms with E-state index in [4.69, 9.17) is 15.2 Å². The number of methoxy groups -OCH3 is 2. The van der Waals surface area contributed by atoms with E-state index in [0.29, 0.717) is 11.5 Å². The van der Waals surface area contributed by atoms with Crippen LogP contribution >= 0.6 is 0 Å². The monoisotopic (exact) mass is 329 g/mol. The molecule has 1 aromatic carbocycles. The Morgan fingerprint density at radius 1 is 1.00 bits per heavy atom. The van der Waals surface area contributed by atoms with Crippen LogP contribution in [0.2, 0.25) is 0 Å². The van der Waals surface area contributed by atoms with E-state index in [1.165, 1.54) is 0 Å². The molecule has 1 fully saturated rings. The summed E-state index contributed by atoms with van der Waals surface area (Å²) in [5, 5.41) is 0. The zero-order valence-electron chi connectivity index (χ0n) is 14.1. The maximum absolute atomic E-state index is 6.16. The van der Waals surface area contributed by atoms with E-state index >= 15 is 0 Å². The van der Waals surface area contributed by atoms with Crippen molar-refractivity contribution in [3.63, 3.8) is 0 Å². The number of piperazine rings is 1. The van der Waals surface area contributed by atoms with Gasteiger partial charge in [-0.25, -0.2) is 9.97 Å². The van der Waals surface area contributed by atoms with Gasteiger partial charge in [0.1, 0.15) is 0 Å². The number of benzene rings is 1. The molecule has 0 saturated carbocycles. The summed E-state index contributed by atoms with van der Waals surface area (Å²) in [7, 11) is 3.25. The first-order valence-corrected chi connectivity index (χ1v) is 7.96. The van der Waals surface area contributed by atoms with Gasteiger partial charge in [-0.1, -0.05) is 0 Å². The maximum atomic E-state index is 6.16. The van der Waals surface area contributed by atoms with E-state index in [0.717, 1.165) is 49.9 Å². The van der Waals surface area contributed by atoms with Crippen molar-refractivity contribution in [2.75, 3.05) is 51.0 Å². The molecular formula is C17H23N5O2. The highest BCUT2D eigenvalue weighted by Crippen LogP contribution is 2.32. The topological polar surface area (TPSA) is 76.7 Å². The molecule has 0 unspecified atom stereocenters. The molecule has 3 rings (SSSR count). The summed E-state index contributed by atoms with van der Waals surface area (Å²) in [5.41, 5.74) is 7.94. The number of rotatable bonds is 5. The molecular weight excluding hydrogens is 306 g/mol. The van der Waals surface area contributed by atoms with E-state index in [-0.39, 0.29) is 0 Å². The first-order valence-electron chi connectivity index (χ1n) is 7.96. The minimum absolute atomic E-state index is 0.657. The molecule has 0 spiro atoms. The molecule has 128 valence electrons. The summed E-state index contributed by atoms with van der Waals surface area (Å²) in [5.74, 6) is 2.16. The second-order valence-corrected chi connectivity index (χ2v) is 5.72. The van der Waals surface area contributed by atoms with Crippen LogP contribution in [0.25, 0.3) is 0 Å². The molecule has 7 nitrogen and oxygen atoms in total. The lowest BCUT2D eigenvalue weighted by molar-refractivity contribution is 0.248. The second kappa shape index (κ2) is 7.35. The van der Waals surface area contributed by atoms with E-state index < -0.39 is 0 Å². The van der Waals surface area contributed by atoms with Gasteiger partial charge in [-0.3, -0.25) is 4.90 Å². The van der Waals surface area contributed by atoms with Gasteiger partial charge in [-0.15, -0.1) is 0 Å². The van der Waals surface area contributed by atoms with E-state index in [2.05, 4.69) is 19.8 Å². The van der Waals surface area contributed by atoms with Crippen molar-refractivity contribution in [2.45, 2.75) is 6.54 Å². The van der Waals surface area contributed by atoms with Gasteiger partial charge in [0.2, 0.25) is 5.95 Å². The quantitative estimate of drug-likeness (QED) is 0.831. The number of nitrogens with two attached hydrogens (primary N) is 1. The summed E-state index contributed by atoms with van der Waals surface area (Å²) in [6.45, 7) is 4.46. The zero-order chi connectivity index (χ0) is 16.9. The van der Waals surface area contributed by atoms with Gasteiger partial charge in [-0.2, -0.15) is 0 Å². The number of ether oxygens (including phenoxy) is 2. The van der Waals surface area contributed by atoms with Gasteiger partial charge in [0.05, 0.1) is 14.2 Å². The van der Waals surface area contributed by atoms with Crippen LogP contribution in [0.3, 0.4) is 0 Å². The molecule has 2 heterocycles. The van der Waals surface area contributed by atoms with Crippen LogP contribution in [0, 0.1) is 0 Å². The Hall–Kier alpha value is -2.54. The Labute approximate surface area is 142 Å². The molecule has 0 atom stereocenters. The van der Waals surface area contributed by atoms with Crippen molar-refractivity contribution in [1.29, 1.82) is 0 Å². The minimum Gasteiger partial charge on any atom is -0.493 e. The third kappa shape index (κ3) is 3.51. The minimum atomic E-state index is 0.657. The average molecular weight is 329 g/mol. The van der Waals surface area contributed by atoms with Crippen molar-refractivity contribution >= 4 is 11.6 Å². The first-order chi connectivity index (χ1) is 11.7. The highest BCUT2D eigenvalue weighted by atomic mass is 16.5. The fourth-order valence-corrected chi connectivity index (χ4v) is 2.88. The Bertz CT molecular complexity index is 672. The molecule has 0 aliphatic carbocycles. The molecule has 1 aliphatic heterocycles. The summed E-state index contributed by atoms with van der Waals surface area (Å²) < 4.78 is 10.7. The Kier molecular flexibility index (Phi) is 5.00. The summed E-state index contributed by atoms with van der Waals surface area (Å²) in [6, 6.07) is 5.61. The van der Waals surface area contributed by atoms with Crippen molar-refractivity contribution in [1.82, 2.24) is 14.9 Å². The van der Waals surface area contributed by atoms with Gasteiger partial charge < -0.3 is 20.1 Å². The number of nitrogen functional groups attached to an aromatic ring is 1. The summed E-state index contributed by atoms with van der Waals surface area (Å²) in [4.78, 5) is 13.2. The molecule has 2 N–H and O–H groups in total. The van der Waals surface area contributed by atoms with Crippen molar-refractivity contribution in [2.24, 2.45) is 0 Å². The predicted octanol–water partition coefficient (Wildman–Crippen LogP) is 1.40. The number of nitrogens with zero attached hydrogens (tertiary/aromatic N) is 4. The first kappa shape index (κ1) is 16.3. The number of hydrogen-bond acceptors (Lipinski definition) is 7. The van der Waals surface area contributed by atoms with Crippen molar-refractivity contribution < 1.29 is 9.47 Å². The smallest absolute Gasteiger partial charge is 0.225 e. The van der Waals surface area contributed by atoms with E-state index in [1.807, 2.05) is 18.2 Å². The van der Waals surface area contributed by atoms with Crippen molar-refractivity contribution in [3.05, 3.63) is 36.2 Å². The highest BCUT2D eigenvalue weighted by Gasteiger charge is 2.20. The van der Waals surface area contributed by atoms with Crippen LogP contribution in [-0.2, 0) is 6.54 Å². The normalized spacial score (nSPS) is 15.3. The SMILES string of the molecule is COc1cc(N)c(CN2CCN(c3ncccn3)CC2)cc1OC. The Morgan fingerprint density at radius 3 is 2.25 bits per heavy atom. The van der Waals surface area contributed by atoms with Crippen LogP contribution in [0.4, 0.5) is 11.6 Å². The third-order valence-electron chi connectivity index (χ3n) is 4.25. The Morgan fingerprint density at radius 2 is 1.62 bits per heavy atom. The summed E-state index contributed by atoms with van der Waals surface area (Å²) in [6.07, 6.45) is 3.55. The van der Waals surface area contributed by atoms with Crippen LogP contribution in [0.15, 0.2) is 30.6 Å². The van der Waals surface area contributed by atoms with Crippen LogP contribution < -0.4 is 20.1 Å².